The van der Waals surface area contributed by atoms with Crippen molar-refractivity contribution in [1.82, 2.24) is 14.7 Å². The van der Waals surface area contributed by atoms with Crippen LogP contribution in [0.25, 0.3) is 10.9 Å². The fraction of sp³-hybridized carbons (Fsp3) is 0.312. The van der Waals surface area contributed by atoms with Gasteiger partial charge >= 0.3 is 0 Å². The molecule has 3 rings (SSSR count). The number of nitrogens with zero attached hydrogens (tertiary/aromatic N) is 3. The molecule has 0 bridgehead atoms. The average Bonchev–Trinajstić information content (AvgIpc) is 2.74. The predicted molar refractivity (Wildman–Crippen MR) is 84.4 cm³/mol. The van der Waals surface area contributed by atoms with Crippen molar-refractivity contribution in [1.29, 1.82) is 0 Å². The van der Waals surface area contributed by atoms with E-state index in [1.807, 2.05) is 32.2 Å². The molecule has 0 radical (unpaired) electrons. The molecule has 0 aliphatic carbocycles. The van der Waals surface area contributed by atoms with Crippen molar-refractivity contribution in [3.05, 3.63) is 36.5 Å². The van der Waals surface area contributed by atoms with E-state index >= 15 is 0 Å². The van der Waals surface area contributed by atoms with Crippen LogP contribution in [0.4, 0.5) is 5.69 Å². The van der Waals surface area contributed by atoms with Crippen molar-refractivity contribution in [3.63, 3.8) is 0 Å². The third kappa shape index (κ3) is 2.16. The van der Waals surface area contributed by atoms with Gasteiger partial charge in [-0.25, -0.2) is 0 Å². The van der Waals surface area contributed by atoms with Crippen LogP contribution in [0.5, 0.6) is 0 Å². The molecule has 114 valence electrons. The largest absolute Gasteiger partial charge is 0.327 e. The lowest BCUT2D eigenvalue weighted by atomic mass is 10.0. The first kappa shape index (κ1) is 14.3. The minimum Gasteiger partial charge on any atom is -0.327 e. The number of benzene rings is 1. The van der Waals surface area contributed by atoms with Crippen LogP contribution in [0.1, 0.15) is 12.1 Å². The zero-order valence-corrected chi connectivity index (χ0v) is 12.7. The highest BCUT2D eigenvalue weighted by Crippen LogP contribution is 2.26. The maximum absolute atomic E-state index is 12.4. The molecule has 2 amide bonds. The van der Waals surface area contributed by atoms with Crippen LogP contribution in [0.3, 0.4) is 0 Å². The Balaban J connectivity index is 1.84. The summed E-state index contributed by atoms with van der Waals surface area (Å²) < 4.78 is 1.79. The number of aryl methyl sites for hydroxylation is 2. The van der Waals surface area contributed by atoms with Gasteiger partial charge < -0.3 is 10.2 Å². The van der Waals surface area contributed by atoms with E-state index < -0.39 is 6.04 Å². The third-order valence-corrected chi connectivity index (χ3v) is 4.20. The van der Waals surface area contributed by atoms with Gasteiger partial charge in [-0.1, -0.05) is 18.7 Å². The molecule has 1 atom stereocenters. The van der Waals surface area contributed by atoms with Crippen molar-refractivity contribution in [2.45, 2.75) is 19.4 Å². The van der Waals surface area contributed by atoms with Crippen LogP contribution >= 0.6 is 0 Å². The Kier molecular flexibility index (Phi) is 3.44. The second kappa shape index (κ2) is 5.29. The highest BCUT2D eigenvalue weighted by atomic mass is 16.2. The first-order valence-corrected chi connectivity index (χ1v) is 7.19. The normalized spacial score (nSPS) is 17.2. The molecule has 0 unspecified atom stereocenters. The van der Waals surface area contributed by atoms with Crippen LogP contribution in [0, 0.1) is 6.92 Å². The zero-order chi connectivity index (χ0) is 15.9. The van der Waals surface area contributed by atoms with Gasteiger partial charge in [0.1, 0.15) is 11.6 Å². The van der Waals surface area contributed by atoms with E-state index in [1.54, 1.807) is 4.68 Å². The van der Waals surface area contributed by atoms with Crippen molar-refractivity contribution in [2.24, 2.45) is 7.05 Å². The summed E-state index contributed by atoms with van der Waals surface area (Å²) >= 11 is 0. The summed E-state index contributed by atoms with van der Waals surface area (Å²) in [5.74, 6) is -0.393. The fourth-order valence-corrected chi connectivity index (χ4v) is 2.70. The maximum Gasteiger partial charge on any atom is 0.247 e. The van der Waals surface area contributed by atoms with Gasteiger partial charge in [0, 0.05) is 24.7 Å². The maximum atomic E-state index is 12.4. The summed E-state index contributed by atoms with van der Waals surface area (Å²) in [4.78, 5) is 25.5. The molecule has 1 aliphatic rings. The first-order valence-electron chi connectivity index (χ1n) is 7.19. The summed E-state index contributed by atoms with van der Waals surface area (Å²) in [5.41, 5.74) is 2.47. The molecule has 1 aromatic carbocycles. The van der Waals surface area contributed by atoms with Gasteiger partial charge in [0.25, 0.3) is 0 Å². The molecule has 2 heterocycles. The van der Waals surface area contributed by atoms with Crippen LogP contribution < -0.4 is 5.32 Å². The van der Waals surface area contributed by atoms with E-state index in [0.717, 1.165) is 16.6 Å². The standard InChI is InChI=1S/C16H18N4O2/c1-4-14(21)20-9-8-13(20)16(22)17-12-7-5-6-11-10(2)19(3)18-15(11)12/h4-7,13H,1,8-9H2,2-3H3,(H,17,22)/t13-/m0/s1. The molecular weight excluding hydrogens is 280 g/mol. The Labute approximate surface area is 128 Å². The van der Waals surface area contributed by atoms with Crippen molar-refractivity contribution >= 4 is 28.4 Å². The predicted octanol–water partition coefficient (Wildman–Crippen LogP) is 1.61. The molecule has 1 saturated heterocycles. The number of hydrogen-bond donors (Lipinski definition) is 1. The van der Waals surface area contributed by atoms with Gasteiger partial charge in [-0.2, -0.15) is 5.10 Å². The van der Waals surface area contributed by atoms with E-state index in [0.29, 0.717) is 18.7 Å². The van der Waals surface area contributed by atoms with Crippen molar-refractivity contribution in [3.8, 4) is 0 Å². The SMILES string of the molecule is C=CC(=O)N1CC[C@H]1C(=O)Nc1cccc2c(C)n(C)nc12. The molecule has 1 aromatic heterocycles. The average molecular weight is 298 g/mol. The molecule has 0 spiro atoms. The monoisotopic (exact) mass is 298 g/mol. The quantitative estimate of drug-likeness (QED) is 0.875. The molecule has 0 saturated carbocycles. The number of fused-ring (bicyclic) bond motifs is 1. The highest BCUT2D eigenvalue weighted by molar-refractivity contribution is 6.05. The second-order valence-corrected chi connectivity index (χ2v) is 5.44. The van der Waals surface area contributed by atoms with Crippen molar-refractivity contribution < 1.29 is 9.59 Å². The molecule has 2 aromatic rings. The number of rotatable bonds is 3. The van der Waals surface area contributed by atoms with E-state index in [1.165, 1.54) is 11.0 Å². The second-order valence-electron chi connectivity index (χ2n) is 5.44. The van der Waals surface area contributed by atoms with E-state index in [4.69, 9.17) is 0 Å². The fourth-order valence-electron chi connectivity index (χ4n) is 2.70. The molecule has 6 nitrogen and oxygen atoms in total. The number of carbonyl (C=O) groups is 2. The van der Waals surface area contributed by atoms with Crippen LogP contribution in [0.2, 0.25) is 0 Å². The number of amides is 2. The Morgan fingerprint density at radius 3 is 2.86 bits per heavy atom. The molecule has 6 heteroatoms. The number of aromatic nitrogens is 2. The van der Waals surface area contributed by atoms with E-state index in [9.17, 15) is 9.59 Å². The molecule has 1 aliphatic heterocycles. The summed E-state index contributed by atoms with van der Waals surface area (Å²) in [6, 6.07) is 5.26. The van der Waals surface area contributed by atoms with Gasteiger partial charge in [-0.3, -0.25) is 14.3 Å². The Morgan fingerprint density at radius 1 is 1.45 bits per heavy atom. The lowest BCUT2D eigenvalue weighted by Gasteiger charge is -2.38. The van der Waals surface area contributed by atoms with Gasteiger partial charge in [0.15, 0.2) is 0 Å². The summed E-state index contributed by atoms with van der Waals surface area (Å²) in [6.07, 6.45) is 1.91. The first-order chi connectivity index (χ1) is 10.5. The minimum atomic E-state index is -0.425. The smallest absolute Gasteiger partial charge is 0.247 e. The topological polar surface area (TPSA) is 67.2 Å². The molecule has 22 heavy (non-hydrogen) atoms. The van der Waals surface area contributed by atoms with E-state index in [2.05, 4.69) is 17.0 Å². The molecular formula is C16H18N4O2. The number of hydrogen-bond acceptors (Lipinski definition) is 3. The minimum absolute atomic E-state index is 0.183. The number of carbonyl (C=O) groups excluding carboxylic acids is 2. The zero-order valence-electron chi connectivity index (χ0n) is 12.7. The van der Waals surface area contributed by atoms with Gasteiger partial charge in [-0.05, 0) is 25.5 Å². The van der Waals surface area contributed by atoms with Crippen LogP contribution in [-0.2, 0) is 16.6 Å². The summed E-state index contributed by atoms with van der Waals surface area (Å²) in [7, 11) is 1.87. The Bertz CT molecular complexity index is 778. The van der Waals surface area contributed by atoms with E-state index in [-0.39, 0.29) is 11.8 Å². The Hall–Kier alpha value is -2.63. The van der Waals surface area contributed by atoms with Crippen molar-refractivity contribution in [2.75, 3.05) is 11.9 Å². The van der Waals surface area contributed by atoms with Gasteiger partial charge in [0.2, 0.25) is 11.8 Å². The van der Waals surface area contributed by atoms with Gasteiger partial charge in [0.05, 0.1) is 5.69 Å². The van der Waals surface area contributed by atoms with Crippen LogP contribution in [-0.4, -0.2) is 39.1 Å². The van der Waals surface area contributed by atoms with Crippen LogP contribution in [0.15, 0.2) is 30.9 Å². The lowest BCUT2D eigenvalue weighted by molar-refractivity contribution is -0.141. The summed E-state index contributed by atoms with van der Waals surface area (Å²) in [6.45, 7) is 6.04. The Morgan fingerprint density at radius 2 is 2.23 bits per heavy atom. The molecule has 1 fully saturated rings. The molecule has 1 N–H and O–H groups in total. The number of nitrogens with one attached hydrogen (secondary N) is 1. The highest BCUT2D eigenvalue weighted by Gasteiger charge is 2.36. The van der Waals surface area contributed by atoms with Gasteiger partial charge in [-0.15, -0.1) is 0 Å². The lowest BCUT2D eigenvalue weighted by Crippen LogP contribution is -2.56. The number of likely N-dealkylation sites (tertiary alicyclic amines) is 1. The third-order valence-electron chi connectivity index (χ3n) is 4.20. The summed E-state index contributed by atoms with van der Waals surface area (Å²) in [5, 5.41) is 8.35. The number of anilines is 1.